The van der Waals surface area contributed by atoms with Crippen LogP contribution in [0.15, 0.2) is 77.6 Å². The molecule has 0 saturated carbocycles. The maximum absolute atomic E-state index is 12.8. The van der Waals surface area contributed by atoms with Gasteiger partial charge < -0.3 is 9.30 Å². The summed E-state index contributed by atoms with van der Waals surface area (Å²) in [5, 5.41) is 10.9. The highest BCUT2D eigenvalue weighted by Crippen LogP contribution is 2.41. The van der Waals surface area contributed by atoms with Crippen LogP contribution in [0.4, 0.5) is 5.69 Å². The molecule has 5 rings (SSSR count). The van der Waals surface area contributed by atoms with Gasteiger partial charge in [-0.1, -0.05) is 36.4 Å². The summed E-state index contributed by atoms with van der Waals surface area (Å²) in [5.74, 6) is -0.141. The summed E-state index contributed by atoms with van der Waals surface area (Å²) in [6.45, 7) is 2.60. The molecule has 0 aliphatic carbocycles. The molecule has 174 valence electrons. The Kier molecular flexibility index (Phi) is 5.98. The monoisotopic (exact) mass is 459 g/mol. The van der Waals surface area contributed by atoms with Crippen LogP contribution in [0.2, 0.25) is 0 Å². The fourth-order valence-corrected chi connectivity index (χ4v) is 5.29. The molecule has 3 heterocycles. The Balaban J connectivity index is 1.36. The number of esters is 1. The third-order valence-corrected chi connectivity index (χ3v) is 6.82. The van der Waals surface area contributed by atoms with Crippen molar-refractivity contribution < 1.29 is 14.5 Å². The summed E-state index contributed by atoms with van der Waals surface area (Å²) >= 11 is 0. The number of carbonyl (C=O) groups is 1. The van der Waals surface area contributed by atoms with Crippen molar-refractivity contribution in [2.75, 3.05) is 19.7 Å². The van der Waals surface area contributed by atoms with Crippen LogP contribution in [0.5, 0.6) is 0 Å². The second-order valence-electron chi connectivity index (χ2n) is 9.00. The maximum Gasteiger partial charge on any atom is 0.338 e. The lowest BCUT2D eigenvalue weighted by Gasteiger charge is -2.46. The smallest absolute Gasteiger partial charge is 0.338 e. The van der Waals surface area contributed by atoms with E-state index >= 15 is 0 Å². The van der Waals surface area contributed by atoms with E-state index in [1.165, 1.54) is 29.8 Å². The number of carbonyl (C=O) groups excluding carboxylic acids is 1. The number of rotatable bonds is 6. The normalized spacial score (nSPS) is 21.5. The molecule has 0 spiro atoms. The molecule has 2 aromatic carbocycles. The lowest BCUT2D eigenvalue weighted by Crippen LogP contribution is -2.50. The molecule has 1 saturated heterocycles. The molecule has 0 N–H and O–H groups in total. The zero-order valence-corrected chi connectivity index (χ0v) is 18.6. The number of aromatic nitrogens is 1. The number of benzene rings is 2. The standard InChI is InChI=1S/C26H25N3O5/c30-25-8-4-7-23-20-13-21(16-27(15-20)14-18-5-2-1-3-6-18)24(28(23)25)17-34-26(31)19-9-11-22(12-10-19)29(32)33/h1-12,20-21,24H,13-17H2/t20-,21+,24+/m1/s1. The number of ether oxygens (including phenoxy) is 1. The number of nitro benzene ring substituents is 1. The van der Waals surface area contributed by atoms with Gasteiger partial charge in [-0.05, 0) is 36.1 Å². The lowest BCUT2D eigenvalue weighted by atomic mass is 9.78. The Morgan fingerprint density at radius 2 is 1.76 bits per heavy atom. The highest BCUT2D eigenvalue weighted by Gasteiger charge is 2.41. The van der Waals surface area contributed by atoms with Gasteiger partial charge >= 0.3 is 5.97 Å². The van der Waals surface area contributed by atoms with Crippen LogP contribution < -0.4 is 5.56 Å². The highest BCUT2D eigenvalue weighted by molar-refractivity contribution is 5.89. The number of nitrogens with zero attached hydrogens (tertiary/aromatic N) is 3. The van der Waals surface area contributed by atoms with Gasteiger partial charge in [-0.2, -0.15) is 0 Å². The largest absolute Gasteiger partial charge is 0.460 e. The van der Waals surface area contributed by atoms with Gasteiger partial charge in [-0.3, -0.25) is 19.8 Å². The predicted molar refractivity (Wildman–Crippen MR) is 126 cm³/mol. The minimum absolute atomic E-state index is 0.0727. The van der Waals surface area contributed by atoms with Crippen molar-refractivity contribution in [1.29, 1.82) is 0 Å². The number of nitro groups is 1. The van der Waals surface area contributed by atoms with Gasteiger partial charge in [0, 0.05) is 49.4 Å². The first kappa shape index (κ1) is 22.0. The van der Waals surface area contributed by atoms with Crippen molar-refractivity contribution in [3.8, 4) is 0 Å². The molecule has 8 nitrogen and oxygen atoms in total. The van der Waals surface area contributed by atoms with Crippen LogP contribution in [0.25, 0.3) is 0 Å². The number of hydrogen-bond donors (Lipinski definition) is 0. The predicted octanol–water partition coefficient (Wildman–Crippen LogP) is 3.77. The molecule has 2 bridgehead atoms. The van der Waals surface area contributed by atoms with E-state index in [0.29, 0.717) is 0 Å². The van der Waals surface area contributed by atoms with E-state index in [4.69, 9.17) is 4.74 Å². The first-order valence-electron chi connectivity index (χ1n) is 11.4. The van der Waals surface area contributed by atoms with Crippen molar-refractivity contribution in [1.82, 2.24) is 9.47 Å². The lowest BCUT2D eigenvalue weighted by molar-refractivity contribution is -0.384. The number of likely N-dealkylation sites (tertiary alicyclic amines) is 1. The van der Waals surface area contributed by atoms with Gasteiger partial charge in [0.05, 0.1) is 16.5 Å². The van der Waals surface area contributed by atoms with E-state index in [-0.39, 0.29) is 41.3 Å². The number of fused-ring (bicyclic) bond motifs is 4. The topological polar surface area (TPSA) is 94.7 Å². The van der Waals surface area contributed by atoms with E-state index in [0.717, 1.165) is 31.7 Å². The molecule has 2 aliphatic rings. The zero-order valence-electron chi connectivity index (χ0n) is 18.6. The van der Waals surface area contributed by atoms with Crippen LogP contribution in [-0.2, 0) is 11.3 Å². The molecule has 1 fully saturated rings. The molecule has 8 heteroatoms. The van der Waals surface area contributed by atoms with E-state index in [2.05, 4.69) is 17.0 Å². The first-order chi connectivity index (χ1) is 16.5. The number of non-ortho nitro benzene ring substituents is 1. The summed E-state index contributed by atoms with van der Waals surface area (Å²) in [6, 6.07) is 20.7. The zero-order chi connectivity index (χ0) is 23.7. The average Bonchev–Trinajstić information content (AvgIpc) is 2.85. The fraction of sp³-hybridized carbons (Fsp3) is 0.308. The first-order valence-corrected chi connectivity index (χ1v) is 11.4. The minimum Gasteiger partial charge on any atom is -0.460 e. The molecule has 3 aromatic rings. The Bertz CT molecular complexity index is 1260. The van der Waals surface area contributed by atoms with Gasteiger partial charge in [0.25, 0.3) is 11.2 Å². The number of pyridine rings is 1. The number of hydrogen-bond acceptors (Lipinski definition) is 6. The van der Waals surface area contributed by atoms with Crippen molar-refractivity contribution in [2.45, 2.75) is 24.9 Å². The molecule has 3 atom stereocenters. The summed E-state index contributed by atoms with van der Waals surface area (Å²) in [6.07, 6.45) is 0.939. The summed E-state index contributed by atoms with van der Waals surface area (Å²) in [7, 11) is 0. The molecule has 0 amide bonds. The molecule has 34 heavy (non-hydrogen) atoms. The maximum atomic E-state index is 12.8. The molecular weight excluding hydrogens is 434 g/mol. The van der Waals surface area contributed by atoms with Crippen LogP contribution >= 0.6 is 0 Å². The summed E-state index contributed by atoms with van der Waals surface area (Å²) in [5.41, 5.74) is 2.30. The van der Waals surface area contributed by atoms with Gasteiger partial charge in [-0.25, -0.2) is 4.79 Å². The summed E-state index contributed by atoms with van der Waals surface area (Å²) < 4.78 is 7.45. The van der Waals surface area contributed by atoms with E-state index < -0.39 is 10.9 Å². The highest BCUT2D eigenvalue weighted by atomic mass is 16.6. The van der Waals surface area contributed by atoms with Crippen molar-refractivity contribution in [3.63, 3.8) is 0 Å². The Morgan fingerprint density at radius 1 is 1.00 bits per heavy atom. The van der Waals surface area contributed by atoms with Gasteiger partial charge in [0.2, 0.25) is 0 Å². The van der Waals surface area contributed by atoms with Crippen molar-refractivity contribution in [3.05, 3.63) is 110 Å². The third kappa shape index (κ3) is 4.36. The fourth-order valence-electron chi connectivity index (χ4n) is 5.29. The summed E-state index contributed by atoms with van der Waals surface area (Å²) in [4.78, 5) is 38.3. The van der Waals surface area contributed by atoms with Crippen LogP contribution in [0.3, 0.4) is 0 Å². The Hall–Kier alpha value is -3.78. The van der Waals surface area contributed by atoms with Gasteiger partial charge in [0.15, 0.2) is 0 Å². The van der Waals surface area contributed by atoms with Crippen molar-refractivity contribution in [2.24, 2.45) is 5.92 Å². The second kappa shape index (κ2) is 9.23. The molecular formula is C26H25N3O5. The Morgan fingerprint density at radius 3 is 2.50 bits per heavy atom. The van der Waals surface area contributed by atoms with Gasteiger partial charge in [-0.15, -0.1) is 0 Å². The van der Waals surface area contributed by atoms with E-state index in [1.54, 1.807) is 12.1 Å². The average molecular weight is 460 g/mol. The van der Waals surface area contributed by atoms with Crippen LogP contribution in [-0.4, -0.2) is 40.1 Å². The molecule has 2 aliphatic heterocycles. The van der Waals surface area contributed by atoms with Crippen LogP contribution in [0.1, 0.15) is 40.0 Å². The van der Waals surface area contributed by atoms with E-state index in [1.807, 2.05) is 28.8 Å². The van der Waals surface area contributed by atoms with Gasteiger partial charge in [0.1, 0.15) is 6.61 Å². The Labute approximate surface area is 196 Å². The SMILES string of the molecule is O=C(OC[C@H]1[C@H]2C[C@H](CN(Cc3ccccc3)C2)c2cccc(=O)n21)c1ccc([N+](=O)[O-])cc1. The molecule has 1 aromatic heterocycles. The molecule has 0 radical (unpaired) electrons. The molecule has 0 unspecified atom stereocenters. The van der Waals surface area contributed by atoms with E-state index in [9.17, 15) is 19.7 Å². The number of piperidine rings is 1. The quantitative estimate of drug-likeness (QED) is 0.316. The van der Waals surface area contributed by atoms with Crippen molar-refractivity contribution >= 4 is 11.7 Å². The minimum atomic E-state index is -0.556. The third-order valence-electron chi connectivity index (χ3n) is 6.82. The second-order valence-corrected chi connectivity index (χ2v) is 9.00. The van der Waals surface area contributed by atoms with Crippen LogP contribution in [0, 0.1) is 16.0 Å².